The van der Waals surface area contributed by atoms with E-state index in [2.05, 4.69) is 0 Å². The molecule has 2 fully saturated rings. The maximum absolute atomic E-state index is 12.8. The highest BCUT2D eigenvalue weighted by molar-refractivity contribution is 7.86. The Bertz CT molecular complexity index is 523. The van der Waals surface area contributed by atoms with Crippen LogP contribution in [0, 0.1) is 0 Å². The first kappa shape index (κ1) is 19.6. The van der Waals surface area contributed by atoms with E-state index in [9.17, 15) is 13.2 Å². The van der Waals surface area contributed by atoms with Gasteiger partial charge < -0.3 is 9.47 Å². The SMILES string of the molecule is CCOC(=O)[C@H](C)N1CCN(S(=O)(=O)N2C[C@@H](C)O[C@H](C)C2)CC1. The van der Waals surface area contributed by atoms with Gasteiger partial charge in [-0.05, 0) is 27.7 Å². The van der Waals surface area contributed by atoms with E-state index >= 15 is 0 Å². The molecule has 0 N–H and O–H groups in total. The molecule has 2 aliphatic heterocycles. The quantitative estimate of drug-likeness (QED) is 0.635. The summed E-state index contributed by atoms with van der Waals surface area (Å²) in [7, 11) is -3.49. The van der Waals surface area contributed by atoms with Crippen molar-refractivity contribution in [2.24, 2.45) is 0 Å². The standard InChI is InChI=1S/C15H29N3O5S/c1-5-22-15(19)14(4)16-6-8-17(9-7-16)24(20,21)18-10-12(2)23-13(3)11-18/h12-14H,5-11H2,1-4H3/t12-,13-,14+/m1/s1. The number of hydrogen-bond acceptors (Lipinski definition) is 6. The third-order valence-corrected chi connectivity index (χ3v) is 6.46. The van der Waals surface area contributed by atoms with Crippen molar-refractivity contribution in [1.29, 1.82) is 0 Å². The predicted octanol–water partition coefficient (Wildman–Crippen LogP) is -0.0904. The molecule has 9 heteroatoms. The summed E-state index contributed by atoms with van der Waals surface area (Å²) in [5, 5.41) is 0. The molecule has 140 valence electrons. The van der Waals surface area contributed by atoms with Gasteiger partial charge in [0.25, 0.3) is 10.2 Å². The van der Waals surface area contributed by atoms with Crippen molar-refractivity contribution >= 4 is 16.2 Å². The molecule has 0 aromatic rings. The van der Waals surface area contributed by atoms with Gasteiger partial charge in [0.2, 0.25) is 0 Å². The number of nitrogens with zero attached hydrogens (tertiary/aromatic N) is 3. The van der Waals surface area contributed by atoms with E-state index < -0.39 is 10.2 Å². The highest BCUT2D eigenvalue weighted by atomic mass is 32.2. The number of piperazine rings is 1. The molecule has 2 rings (SSSR count). The normalized spacial score (nSPS) is 29.3. The lowest BCUT2D eigenvalue weighted by molar-refractivity contribution is -0.149. The van der Waals surface area contributed by atoms with Crippen LogP contribution >= 0.6 is 0 Å². The lowest BCUT2D eigenvalue weighted by Crippen LogP contribution is -2.58. The average molecular weight is 363 g/mol. The summed E-state index contributed by atoms with van der Waals surface area (Å²) in [6, 6.07) is -0.349. The van der Waals surface area contributed by atoms with Gasteiger partial charge in [0, 0.05) is 39.3 Å². The topological polar surface area (TPSA) is 79.4 Å². The zero-order chi connectivity index (χ0) is 17.9. The molecule has 2 heterocycles. The number of carbonyl (C=O) groups is 1. The van der Waals surface area contributed by atoms with E-state index in [1.165, 1.54) is 8.61 Å². The van der Waals surface area contributed by atoms with Crippen LogP contribution in [0.3, 0.4) is 0 Å². The molecule has 24 heavy (non-hydrogen) atoms. The molecule has 0 radical (unpaired) electrons. The molecule has 0 aromatic carbocycles. The number of ether oxygens (including phenoxy) is 2. The van der Waals surface area contributed by atoms with Crippen molar-refractivity contribution in [1.82, 2.24) is 13.5 Å². The van der Waals surface area contributed by atoms with E-state index in [-0.39, 0.29) is 24.2 Å². The lowest BCUT2D eigenvalue weighted by atomic mass is 10.2. The Labute approximate surface area is 144 Å². The van der Waals surface area contributed by atoms with Crippen LogP contribution in [0.4, 0.5) is 0 Å². The van der Waals surface area contributed by atoms with Gasteiger partial charge in [0.15, 0.2) is 0 Å². The van der Waals surface area contributed by atoms with Gasteiger partial charge in [-0.3, -0.25) is 9.69 Å². The van der Waals surface area contributed by atoms with Crippen LogP contribution in [0.15, 0.2) is 0 Å². The molecule has 8 nitrogen and oxygen atoms in total. The van der Waals surface area contributed by atoms with E-state index in [0.29, 0.717) is 45.9 Å². The fourth-order valence-corrected chi connectivity index (χ4v) is 4.96. The molecular formula is C15H29N3O5S. The van der Waals surface area contributed by atoms with Crippen LogP contribution in [-0.4, -0.2) is 92.0 Å². The molecule has 0 unspecified atom stereocenters. The molecule has 3 atom stereocenters. The number of carbonyl (C=O) groups excluding carboxylic acids is 1. The van der Waals surface area contributed by atoms with E-state index in [1.54, 1.807) is 13.8 Å². The van der Waals surface area contributed by atoms with Gasteiger partial charge in [-0.2, -0.15) is 17.0 Å². The minimum atomic E-state index is -3.49. The fraction of sp³-hybridized carbons (Fsp3) is 0.933. The zero-order valence-electron chi connectivity index (χ0n) is 15.0. The van der Waals surface area contributed by atoms with Crippen LogP contribution in [0.25, 0.3) is 0 Å². The first-order chi connectivity index (χ1) is 11.3. The van der Waals surface area contributed by atoms with Gasteiger partial charge in [-0.1, -0.05) is 0 Å². The third kappa shape index (κ3) is 4.45. The van der Waals surface area contributed by atoms with Crippen molar-refractivity contribution in [3.05, 3.63) is 0 Å². The summed E-state index contributed by atoms with van der Waals surface area (Å²) < 4.78 is 39.3. The molecule has 2 saturated heterocycles. The Balaban J connectivity index is 1.94. The van der Waals surface area contributed by atoms with Crippen LogP contribution in [0.2, 0.25) is 0 Å². The van der Waals surface area contributed by atoms with E-state index in [0.717, 1.165) is 0 Å². The summed E-state index contributed by atoms with van der Waals surface area (Å²) in [5.74, 6) is -0.260. The van der Waals surface area contributed by atoms with Crippen molar-refractivity contribution < 1.29 is 22.7 Å². The monoisotopic (exact) mass is 363 g/mol. The summed E-state index contributed by atoms with van der Waals surface area (Å²) in [5.41, 5.74) is 0. The van der Waals surface area contributed by atoms with Gasteiger partial charge >= 0.3 is 5.97 Å². The molecular weight excluding hydrogens is 334 g/mol. The average Bonchev–Trinajstić information content (AvgIpc) is 2.53. The third-order valence-electron chi connectivity index (χ3n) is 4.49. The lowest BCUT2D eigenvalue weighted by Gasteiger charge is -2.41. The van der Waals surface area contributed by atoms with Crippen molar-refractivity contribution in [2.75, 3.05) is 45.9 Å². The van der Waals surface area contributed by atoms with Crippen LogP contribution in [-0.2, 0) is 24.5 Å². The first-order valence-corrected chi connectivity index (χ1v) is 9.96. The molecule has 0 amide bonds. The maximum atomic E-state index is 12.8. The first-order valence-electron chi connectivity index (χ1n) is 8.57. The zero-order valence-corrected chi connectivity index (χ0v) is 15.8. The smallest absolute Gasteiger partial charge is 0.323 e. The number of rotatable bonds is 5. The summed E-state index contributed by atoms with van der Waals surface area (Å²) in [4.78, 5) is 13.8. The molecule has 0 spiro atoms. The Kier molecular flexibility index (Phi) is 6.60. The summed E-state index contributed by atoms with van der Waals surface area (Å²) >= 11 is 0. The van der Waals surface area contributed by atoms with E-state index in [1.807, 2.05) is 18.7 Å². The Morgan fingerprint density at radius 3 is 2.17 bits per heavy atom. The minimum Gasteiger partial charge on any atom is -0.465 e. The Morgan fingerprint density at radius 2 is 1.67 bits per heavy atom. The molecule has 0 aromatic heterocycles. The number of morpholine rings is 1. The highest BCUT2D eigenvalue weighted by Crippen LogP contribution is 2.19. The molecule has 0 bridgehead atoms. The van der Waals surface area contributed by atoms with E-state index in [4.69, 9.17) is 9.47 Å². The second kappa shape index (κ2) is 8.09. The second-order valence-electron chi connectivity index (χ2n) is 6.45. The van der Waals surface area contributed by atoms with Gasteiger partial charge in [-0.15, -0.1) is 0 Å². The Morgan fingerprint density at radius 1 is 1.12 bits per heavy atom. The summed E-state index contributed by atoms with van der Waals surface area (Å²) in [6.45, 7) is 10.3. The maximum Gasteiger partial charge on any atom is 0.323 e. The van der Waals surface area contributed by atoms with Crippen molar-refractivity contribution in [2.45, 2.75) is 45.9 Å². The fourth-order valence-electron chi connectivity index (χ4n) is 3.22. The predicted molar refractivity (Wildman–Crippen MR) is 89.7 cm³/mol. The van der Waals surface area contributed by atoms with Crippen molar-refractivity contribution in [3.63, 3.8) is 0 Å². The van der Waals surface area contributed by atoms with Crippen LogP contribution in [0.1, 0.15) is 27.7 Å². The van der Waals surface area contributed by atoms with Gasteiger partial charge in [0.1, 0.15) is 6.04 Å². The second-order valence-corrected chi connectivity index (χ2v) is 8.37. The highest BCUT2D eigenvalue weighted by Gasteiger charge is 2.37. The van der Waals surface area contributed by atoms with Gasteiger partial charge in [-0.25, -0.2) is 0 Å². The molecule has 2 aliphatic rings. The number of hydrogen-bond donors (Lipinski definition) is 0. The molecule has 0 aliphatic carbocycles. The Hall–Kier alpha value is -0.740. The van der Waals surface area contributed by atoms with Crippen LogP contribution in [0.5, 0.6) is 0 Å². The van der Waals surface area contributed by atoms with Crippen molar-refractivity contribution in [3.8, 4) is 0 Å². The largest absolute Gasteiger partial charge is 0.465 e. The molecule has 0 saturated carbocycles. The minimum absolute atomic E-state index is 0.103. The van der Waals surface area contributed by atoms with Crippen LogP contribution < -0.4 is 0 Å². The van der Waals surface area contributed by atoms with Gasteiger partial charge in [0.05, 0.1) is 18.8 Å². The number of esters is 1. The summed E-state index contributed by atoms with van der Waals surface area (Å²) in [6.07, 6.45) is -0.206.